The van der Waals surface area contributed by atoms with Crippen LogP contribution in [0.1, 0.15) is 52.4 Å². The second kappa shape index (κ2) is 7.23. The first-order valence-electron chi connectivity index (χ1n) is 8.33. The minimum atomic E-state index is -0.294. The molecule has 0 radical (unpaired) electrons. The Balaban J connectivity index is 1.60. The van der Waals surface area contributed by atoms with Crippen LogP contribution in [-0.2, 0) is 4.79 Å². The van der Waals surface area contributed by atoms with Gasteiger partial charge in [-0.3, -0.25) is 4.79 Å². The molecule has 0 aromatic carbocycles. The van der Waals surface area contributed by atoms with Gasteiger partial charge in [0.2, 0.25) is 5.91 Å². The fourth-order valence-corrected chi connectivity index (χ4v) is 3.37. The number of hydrogen-bond acceptors (Lipinski definition) is 4. The zero-order chi connectivity index (χ0) is 16.2. The molecule has 1 N–H and O–H groups in total. The van der Waals surface area contributed by atoms with Gasteiger partial charge in [-0.25, -0.2) is 0 Å². The molecule has 1 saturated heterocycles. The van der Waals surface area contributed by atoms with Gasteiger partial charge in [-0.1, -0.05) is 0 Å². The Morgan fingerprint density at radius 3 is 2.68 bits per heavy atom. The first-order chi connectivity index (χ1) is 10.5. The molecule has 5 heteroatoms. The Hall–Kier alpha value is -1.41. The van der Waals surface area contributed by atoms with Gasteiger partial charge >= 0.3 is 0 Å². The number of likely N-dealkylation sites (tertiary alicyclic amines) is 1. The van der Waals surface area contributed by atoms with E-state index >= 15 is 0 Å². The summed E-state index contributed by atoms with van der Waals surface area (Å²) in [6.45, 7) is 5.15. The summed E-state index contributed by atoms with van der Waals surface area (Å²) in [5, 5.41) is 11.1. The third-order valence-electron chi connectivity index (χ3n) is 5.31. The molecule has 0 aromatic heterocycles. The van der Waals surface area contributed by atoms with Gasteiger partial charge in [0.25, 0.3) is 0 Å². The summed E-state index contributed by atoms with van der Waals surface area (Å²) in [6, 6.07) is 1.19. The predicted octanol–water partition coefficient (Wildman–Crippen LogP) is 2.58. The third-order valence-corrected chi connectivity index (χ3v) is 5.31. The van der Waals surface area contributed by atoms with Crippen molar-refractivity contribution >= 4 is 5.91 Å². The van der Waals surface area contributed by atoms with E-state index in [-0.39, 0.29) is 11.6 Å². The third kappa shape index (κ3) is 4.30. The number of carbonyl (C=O) groups excluding carboxylic acids is 1. The second-order valence-electron chi connectivity index (χ2n) is 6.78. The number of nitrogens with zero attached hydrogens (tertiary/aromatic N) is 3. The number of amides is 1. The van der Waals surface area contributed by atoms with Gasteiger partial charge < -0.3 is 10.2 Å². The Morgan fingerprint density at radius 2 is 2.14 bits per heavy atom. The highest BCUT2D eigenvalue weighted by Gasteiger charge is 2.38. The van der Waals surface area contributed by atoms with Crippen LogP contribution in [0.5, 0.6) is 0 Å². The SMILES string of the molecule is C#CCCC1(CCNC(=O)CCC2CC(C)N(C)C2C)N=N1. The molecular formula is C17H28N4O. The van der Waals surface area contributed by atoms with Crippen molar-refractivity contribution in [3.63, 3.8) is 0 Å². The Bertz CT molecular complexity index is 462. The van der Waals surface area contributed by atoms with Crippen LogP contribution in [0.15, 0.2) is 10.2 Å². The van der Waals surface area contributed by atoms with Crippen molar-refractivity contribution in [1.82, 2.24) is 10.2 Å². The Kier molecular flexibility index (Phi) is 5.57. The van der Waals surface area contributed by atoms with Gasteiger partial charge in [-0.15, -0.1) is 12.3 Å². The lowest BCUT2D eigenvalue weighted by molar-refractivity contribution is -0.121. The van der Waals surface area contributed by atoms with Crippen LogP contribution in [0, 0.1) is 18.3 Å². The Labute approximate surface area is 133 Å². The summed E-state index contributed by atoms with van der Waals surface area (Å²) in [5.74, 6) is 3.38. The summed E-state index contributed by atoms with van der Waals surface area (Å²) >= 11 is 0. The number of terminal acetylenes is 1. The molecular weight excluding hydrogens is 276 g/mol. The lowest BCUT2D eigenvalue weighted by Gasteiger charge is -2.22. The molecule has 22 heavy (non-hydrogen) atoms. The van der Waals surface area contributed by atoms with E-state index in [4.69, 9.17) is 6.42 Å². The van der Waals surface area contributed by atoms with Gasteiger partial charge in [0, 0.05) is 44.3 Å². The van der Waals surface area contributed by atoms with Gasteiger partial charge in [-0.2, -0.15) is 10.2 Å². The molecule has 2 aliphatic heterocycles. The van der Waals surface area contributed by atoms with Crippen LogP contribution in [0.2, 0.25) is 0 Å². The largest absolute Gasteiger partial charge is 0.356 e. The summed E-state index contributed by atoms with van der Waals surface area (Å²) in [5.41, 5.74) is -0.294. The monoisotopic (exact) mass is 304 g/mol. The molecule has 0 aliphatic carbocycles. The van der Waals surface area contributed by atoms with Gasteiger partial charge in [0.15, 0.2) is 5.66 Å². The first kappa shape index (κ1) is 17.0. The van der Waals surface area contributed by atoms with Crippen LogP contribution < -0.4 is 5.32 Å². The summed E-state index contributed by atoms with van der Waals surface area (Å²) in [6.07, 6.45) is 10.3. The molecule has 0 aromatic rings. The number of hydrogen-bond donors (Lipinski definition) is 1. The van der Waals surface area contributed by atoms with Crippen molar-refractivity contribution in [3.8, 4) is 12.3 Å². The molecule has 2 heterocycles. The molecule has 2 aliphatic rings. The number of rotatable bonds is 8. The quantitative estimate of drug-likeness (QED) is 0.701. The van der Waals surface area contributed by atoms with E-state index in [1.54, 1.807) is 0 Å². The van der Waals surface area contributed by atoms with Crippen LogP contribution in [0.4, 0.5) is 0 Å². The molecule has 1 amide bonds. The molecule has 5 nitrogen and oxygen atoms in total. The summed E-state index contributed by atoms with van der Waals surface area (Å²) in [4.78, 5) is 14.4. The smallest absolute Gasteiger partial charge is 0.220 e. The van der Waals surface area contributed by atoms with E-state index in [1.165, 1.54) is 6.42 Å². The molecule has 0 spiro atoms. The highest BCUT2D eigenvalue weighted by atomic mass is 16.1. The Morgan fingerprint density at radius 1 is 1.41 bits per heavy atom. The maximum atomic E-state index is 12.0. The summed E-state index contributed by atoms with van der Waals surface area (Å²) in [7, 11) is 2.17. The van der Waals surface area contributed by atoms with E-state index in [0.29, 0.717) is 37.4 Å². The fraction of sp³-hybridized carbons (Fsp3) is 0.824. The molecule has 3 unspecified atom stereocenters. The normalized spacial score (nSPS) is 29.3. The maximum absolute atomic E-state index is 12.0. The van der Waals surface area contributed by atoms with E-state index < -0.39 is 0 Å². The predicted molar refractivity (Wildman–Crippen MR) is 87.3 cm³/mol. The maximum Gasteiger partial charge on any atom is 0.220 e. The van der Waals surface area contributed by atoms with Crippen molar-refractivity contribution in [3.05, 3.63) is 0 Å². The fourth-order valence-electron chi connectivity index (χ4n) is 3.37. The van der Waals surface area contributed by atoms with E-state index in [9.17, 15) is 4.79 Å². The average Bonchev–Trinajstić information content (AvgIpc) is 3.22. The zero-order valence-electron chi connectivity index (χ0n) is 14.0. The van der Waals surface area contributed by atoms with Crippen molar-refractivity contribution in [2.24, 2.45) is 16.1 Å². The lowest BCUT2D eigenvalue weighted by Crippen LogP contribution is -2.31. The van der Waals surface area contributed by atoms with Crippen LogP contribution in [0.25, 0.3) is 0 Å². The summed E-state index contributed by atoms with van der Waals surface area (Å²) < 4.78 is 0. The van der Waals surface area contributed by atoms with Gasteiger partial charge in [0.05, 0.1) is 0 Å². The number of nitrogens with one attached hydrogen (secondary N) is 1. The van der Waals surface area contributed by atoms with Crippen molar-refractivity contribution in [2.75, 3.05) is 13.6 Å². The average molecular weight is 304 g/mol. The van der Waals surface area contributed by atoms with Crippen molar-refractivity contribution in [2.45, 2.75) is 70.1 Å². The van der Waals surface area contributed by atoms with Crippen molar-refractivity contribution in [1.29, 1.82) is 0 Å². The molecule has 0 bridgehead atoms. The van der Waals surface area contributed by atoms with Gasteiger partial charge in [-0.05, 0) is 39.7 Å². The van der Waals surface area contributed by atoms with E-state index in [0.717, 1.165) is 19.3 Å². The zero-order valence-corrected chi connectivity index (χ0v) is 14.0. The lowest BCUT2D eigenvalue weighted by atomic mass is 9.94. The highest BCUT2D eigenvalue weighted by Crippen LogP contribution is 2.36. The van der Waals surface area contributed by atoms with Crippen molar-refractivity contribution < 1.29 is 4.79 Å². The second-order valence-corrected chi connectivity index (χ2v) is 6.78. The number of carbonyl (C=O) groups is 1. The standard InChI is InChI=1S/C17H28N4O/c1-5-6-9-17(19-20-17)10-11-18-16(22)8-7-15-12-13(2)21(4)14(15)3/h1,13-15H,6-12H2,2-4H3,(H,18,22). The van der Waals surface area contributed by atoms with Crippen LogP contribution in [0.3, 0.4) is 0 Å². The van der Waals surface area contributed by atoms with E-state index in [2.05, 4.69) is 47.3 Å². The minimum Gasteiger partial charge on any atom is -0.356 e. The highest BCUT2D eigenvalue weighted by molar-refractivity contribution is 5.75. The molecule has 122 valence electrons. The minimum absolute atomic E-state index is 0.141. The molecule has 1 fully saturated rings. The van der Waals surface area contributed by atoms with Crippen LogP contribution >= 0.6 is 0 Å². The first-order valence-corrected chi connectivity index (χ1v) is 8.33. The molecule has 0 saturated carbocycles. The molecule has 2 rings (SSSR count). The topological polar surface area (TPSA) is 57.1 Å². The molecule has 3 atom stereocenters. The van der Waals surface area contributed by atoms with Crippen LogP contribution in [-0.4, -0.2) is 42.1 Å². The van der Waals surface area contributed by atoms with Gasteiger partial charge in [0.1, 0.15) is 0 Å². The van der Waals surface area contributed by atoms with E-state index in [1.807, 2.05) is 0 Å².